The molecule has 2 aromatic carbocycles. The average molecular weight is 384 g/mol. The molecule has 148 valence electrons. The van der Waals surface area contributed by atoms with E-state index in [1.54, 1.807) is 32.2 Å². The largest absolute Gasteiger partial charge is 0.507 e. The molecule has 2 N–H and O–H groups in total. The molecule has 0 aromatic heterocycles. The van der Waals surface area contributed by atoms with E-state index in [2.05, 4.69) is 0 Å². The number of carbonyl (C=O) groups excluding carboxylic acids is 1. The lowest BCUT2D eigenvalue weighted by molar-refractivity contribution is -0.121. The molecule has 0 saturated heterocycles. The fraction of sp³-hybridized carbons (Fsp3) is 0.364. The van der Waals surface area contributed by atoms with Crippen molar-refractivity contribution in [3.63, 3.8) is 0 Å². The fourth-order valence-electron chi connectivity index (χ4n) is 3.95. The third kappa shape index (κ3) is 3.54. The molecule has 6 heteroatoms. The summed E-state index contributed by atoms with van der Waals surface area (Å²) in [5, 5.41) is 20.4. The summed E-state index contributed by atoms with van der Waals surface area (Å²) in [7, 11) is 3.04. The van der Waals surface area contributed by atoms with Crippen LogP contribution in [0.1, 0.15) is 46.0 Å². The molecule has 3 rings (SSSR count). The Morgan fingerprint density at radius 1 is 1.14 bits per heavy atom. The van der Waals surface area contributed by atoms with E-state index >= 15 is 0 Å². The van der Waals surface area contributed by atoms with Crippen LogP contribution in [0.25, 0.3) is 0 Å². The molecule has 2 aromatic rings. The topological polar surface area (TPSA) is 93.1 Å². The lowest BCUT2D eigenvalue weighted by atomic mass is 9.80. The van der Waals surface area contributed by atoms with Crippen LogP contribution in [-0.2, 0) is 24.1 Å². The first-order valence-electron chi connectivity index (χ1n) is 9.17. The van der Waals surface area contributed by atoms with Crippen molar-refractivity contribution in [2.45, 2.75) is 32.6 Å². The number of aromatic carboxylic acids is 1. The van der Waals surface area contributed by atoms with Crippen LogP contribution in [0.4, 0.5) is 0 Å². The van der Waals surface area contributed by atoms with Gasteiger partial charge in [0.15, 0.2) is 0 Å². The molecule has 0 amide bonds. The number of rotatable bonds is 6. The van der Waals surface area contributed by atoms with Crippen molar-refractivity contribution in [2.24, 2.45) is 5.92 Å². The molecular formula is C22H24O6. The SMILES string of the molecule is COc1cccc(C(=O)O)c1Cc1cc(OC)c2c(c1O)CCC(C(C)=O)C2. The number of phenolic OH excluding ortho intramolecular Hbond substituents is 1. The molecule has 0 radical (unpaired) electrons. The van der Waals surface area contributed by atoms with Gasteiger partial charge in [0.2, 0.25) is 0 Å². The van der Waals surface area contributed by atoms with Crippen molar-refractivity contribution in [1.29, 1.82) is 0 Å². The van der Waals surface area contributed by atoms with Crippen molar-refractivity contribution in [2.75, 3.05) is 14.2 Å². The van der Waals surface area contributed by atoms with Gasteiger partial charge in [0.1, 0.15) is 23.0 Å². The van der Waals surface area contributed by atoms with Gasteiger partial charge in [-0.15, -0.1) is 0 Å². The van der Waals surface area contributed by atoms with Crippen molar-refractivity contribution >= 4 is 11.8 Å². The molecule has 1 atom stereocenters. The first kappa shape index (κ1) is 19.7. The molecule has 0 aliphatic heterocycles. The van der Waals surface area contributed by atoms with Crippen LogP contribution in [0.5, 0.6) is 17.2 Å². The van der Waals surface area contributed by atoms with Crippen molar-refractivity contribution in [3.05, 3.63) is 52.1 Å². The number of ether oxygens (including phenoxy) is 2. The fourth-order valence-corrected chi connectivity index (χ4v) is 3.95. The zero-order valence-electron chi connectivity index (χ0n) is 16.2. The number of aromatic hydroxyl groups is 1. The van der Waals surface area contributed by atoms with Crippen LogP contribution in [0.15, 0.2) is 24.3 Å². The van der Waals surface area contributed by atoms with Gasteiger partial charge in [-0.05, 0) is 44.4 Å². The maximum Gasteiger partial charge on any atom is 0.336 e. The Labute approximate surface area is 163 Å². The van der Waals surface area contributed by atoms with Gasteiger partial charge in [-0.25, -0.2) is 4.79 Å². The van der Waals surface area contributed by atoms with E-state index in [0.717, 1.165) is 11.1 Å². The monoisotopic (exact) mass is 384 g/mol. The number of hydrogen-bond donors (Lipinski definition) is 2. The quantitative estimate of drug-likeness (QED) is 0.793. The average Bonchev–Trinajstić information content (AvgIpc) is 2.69. The first-order chi connectivity index (χ1) is 13.4. The van der Waals surface area contributed by atoms with E-state index in [0.29, 0.717) is 41.9 Å². The Kier molecular flexibility index (Phi) is 5.58. The second-order valence-electron chi connectivity index (χ2n) is 7.06. The standard InChI is InChI=1S/C22H24O6/c1-12(23)13-7-8-15-17(9-13)20(28-3)11-14(21(15)24)10-18-16(22(25)26)5-4-6-19(18)27-2/h4-6,11,13,24H,7-10H2,1-3H3,(H,25,26). The third-order valence-corrected chi connectivity index (χ3v) is 5.50. The lowest BCUT2D eigenvalue weighted by Gasteiger charge is -2.26. The molecule has 6 nitrogen and oxygen atoms in total. The molecular weight excluding hydrogens is 360 g/mol. The Morgan fingerprint density at radius 2 is 1.86 bits per heavy atom. The van der Waals surface area contributed by atoms with Crippen molar-refractivity contribution in [1.82, 2.24) is 0 Å². The number of fused-ring (bicyclic) bond motifs is 1. The van der Waals surface area contributed by atoms with Crippen LogP contribution in [0, 0.1) is 5.92 Å². The summed E-state index contributed by atoms with van der Waals surface area (Å²) in [6.07, 6.45) is 1.98. The van der Waals surface area contributed by atoms with Gasteiger partial charge in [-0.2, -0.15) is 0 Å². The van der Waals surface area contributed by atoms with E-state index < -0.39 is 5.97 Å². The highest BCUT2D eigenvalue weighted by Crippen LogP contribution is 2.41. The van der Waals surface area contributed by atoms with Crippen LogP contribution < -0.4 is 9.47 Å². The van der Waals surface area contributed by atoms with E-state index in [9.17, 15) is 19.8 Å². The summed E-state index contributed by atoms with van der Waals surface area (Å²) in [5.74, 6) is 0.215. The van der Waals surface area contributed by atoms with E-state index in [1.165, 1.54) is 13.2 Å². The highest BCUT2D eigenvalue weighted by Gasteiger charge is 2.29. The molecule has 1 aliphatic rings. The number of carbonyl (C=O) groups is 2. The van der Waals surface area contributed by atoms with Gasteiger partial charge in [0, 0.05) is 34.6 Å². The Balaban J connectivity index is 2.09. The van der Waals surface area contributed by atoms with Gasteiger partial charge < -0.3 is 19.7 Å². The number of ketones is 1. The second-order valence-corrected chi connectivity index (χ2v) is 7.06. The minimum atomic E-state index is -1.05. The van der Waals surface area contributed by atoms with Gasteiger partial charge in [-0.3, -0.25) is 4.79 Å². The number of hydrogen-bond acceptors (Lipinski definition) is 5. The Bertz CT molecular complexity index is 931. The molecule has 0 saturated carbocycles. The number of carboxylic acid groups (broad SMARTS) is 1. The molecule has 0 heterocycles. The molecule has 1 aliphatic carbocycles. The number of methoxy groups -OCH3 is 2. The minimum absolute atomic E-state index is 0.0699. The summed E-state index contributed by atoms with van der Waals surface area (Å²) in [5.41, 5.74) is 2.83. The van der Waals surface area contributed by atoms with Gasteiger partial charge >= 0.3 is 5.97 Å². The number of phenols is 1. The molecule has 0 bridgehead atoms. The van der Waals surface area contributed by atoms with Crippen LogP contribution in [0.3, 0.4) is 0 Å². The molecule has 0 fully saturated rings. The molecule has 28 heavy (non-hydrogen) atoms. The number of carboxylic acids is 1. The van der Waals surface area contributed by atoms with Crippen LogP contribution in [0.2, 0.25) is 0 Å². The smallest absolute Gasteiger partial charge is 0.336 e. The Morgan fingerprint density at radius 3 is 2.46 bits per heavy atom. The summed E-state index contributed by atoms with van der Waals surface area (Å²) in [6.45, 7) is 1.59. The summed E-state index contributed by atoms with van der Waals surface area (Å²) >= 11 is 0. The first-order valence-corrected chi connectivity index (χ1v) is 9.17. The van der Waals surface area contributed by atoms with E-state index in [4.69, 9.17) is 9.47 Å². The van der Waals surface area contributed by atoms with Crippen LogP contribution in [-0.4, -0.2) is 36.2 Å². The normalized spacial score (nSPS) is 15.6. The van der Waals surface area contributed by atoms with Gasteiger partial charge in [-0.1, -0.05) is 6.07 Å². The van der Waals surface area contributed by atoms with Gasteiger partial charge in [0.05, 0.1) is 19.8 Å². The minimum Gasteiger partial charge on any atom is -0.507 e. The van der Waals surface area contributed by atoms with Crippen molar-refractivity contribution < 1.29 is 29.3 Å². The lowest BCUT2D eigenvalue weighted by Crippen LogP contribution is -2.21. The predicted molar refractivity (Wildman–Crippen MR) is 104 cm³/mol. The zero-order chi connectivity index (χ0) is 20.4. The number of benzene rings is 2. The van der Waals surface area contributed by atoms with Gasteiger partial charge in [0.25, 0.3) is 0 Å². The molecule has 1 unspecified atom stereocenters. The van der Waals surface area contributed by atoms with Crippen molar-refractivity contribution in [3.8, 4) is 17.2 Å². The highest BCUT2D eigenvalue weighted by molar-refractivity contribution is 5.90. The zero-order valence-corrected chi connectivity index (χ0v) is 16.2. The number of Topliss-reactive ketones (excluding diaryl/α,β-unsaturated/α-hetero) is 1. The molecule has 0 spiro atoms. The third-order valence-electron chi connectivity index (χ3n) is 5.50. The Hall–Kier alpha value is -3.02. The summed E-state index contributed by atoms with van der Waals surface area (Å²) < 4.78 is 10.9. The maximum absolute atomic E-state index is 11.8. The summed E-state index contributed by atoms with van der Waals surface area (Å²) in [4.78, 5) is 23.4. The highest BCUT2D eigenvalue weighted by atomic mass is 16.5. The van der Waals surface area contributed by atoms with Crippen LogP contribution >= 0.6 is 0 Å². The summed E-state index contributed by atoms with van der Waals surface area (Å²) in [6, 6.07) is 6.58. The van der Waals surface area contributed by atoms with E-state index in [1.807, 2.05) is 0 Å². The maximum atomic E-state index is 11.8. The second kappa shape index (κ2) is 7.92. The van der Waals surface area contributed by atoms with E-state index in [-0.39, 0.29) is 29.4 Å². The predicted octanol–water partition coefficient (Wildman–Crippen LogP) is 3.39.